The highest BCUT2D eigenvalue weighted by Crippen LogP contribution is 2.20. The number of rotatable bonds is 9. The van der Waals surface area contributed by atoms with Gasteiger partial charge in [-0.3, -0.25) is 9.59 Å². The monoisotopic (exact) mass is 307 g/mol. The number of amides is 1. The van der Waals surface area contributed by atoms with Crippen LogP contribution in [0.2, 0.25) is 0 Å². The maximum atomic E-state index is 11.9. The number of carboxylic acids is 1. The minimum atomic E-state index is -0.812. The zero-order chi connectivity index (χ0) is 16.5. The maximum absolute atomic E-state index is 11.9. The number of carboxylic acid groups (broad SMARTS) is 1. The van der Waals surface area contributed by atoms with Crippen LogP contribution in [0, 0.1) is 0 Å². The van der Waals surface area contributed by atoms with Crippen LogP contribution in [0.1, 0.15) is 51.5 Å². The number of carbonyl (C=O) groups is 2. The maximum Gasteiger partial charge on any atom is 0.303 e. The van der Waals surface area contributed by atoms with Crippen molar-refractivity contribution in [1.29, 1.82) is 0 Å². The van der Waals surface area contributed by atoms with Gasteiger partial charge in [0.05, 0.1) is 0 Å². The third-order valence-electron chi connectivity index (χ3n) is 3.32. The predicted molar refractivity (Wildman–Crippen MR) is 85.1 cm³/mol. The van der Waals surface area contributed by atoms with Crippen LogP contribution in [-0.4, -0.2) is 29.6 Å². The van der Waals surface area contributed by atoms with Crippen molar-refractivity contribution < 1.29 is 19.4 Å². The Kier molecular flexibility index (Phi) is 7.43. The van der Waals surface area contributed by atoms with E-state index in [1.165, 1.54) is 5.56 Å². The van der Waals surface area contributed by atoms with E-state index >= 15 is 0 Å². The summed E-state index contributed by atoms with van der Waals surface area (Å²) in [7, 11) is 0. The second-order valence-corrected chi connectivity index (χ2v) is 5.63. The molecule has 0 radical (unpaired) electrons. The fraction of sp³-hybridized carbons (Fsp3) is 0.529. The zero-order valence-corrected chi connectivity index (χ0v) is 13.5. The molecule has 1 atom stereocenters. The molecule has 0 spiro atoms. The van der Waals surface area contributed by atoms with E-state index in [0.717, 1.165) is 0 Å². The Bertz CT molecular complexity index is 499. The normalized spacial score (nSPS) is 12.0. The summed E-state index contributed by atoms with van der Waals surface area (Å²) < 4.78 is 5.66. The second-order valence-electron chi connectivity index (χ2n) is 5.63. The number of hydrogen-bond acceptors (Lipinski definition) is 3. The summed E-state index contributed by atoms with van der Waals surface area (Å²) in [6.07, 6.45) is 0.751. The minimum absolute atomic E-state index is 0.129. The van der Waals surface area contributed by atoms with Gasteiger partial charge < -0.3 is 15.2 Å². The van der Waals surface area contributed by atoms with Crippen LogP contribution in [0.3, 0.4) is 0 Å². The molecule has 0 aliphatic heterocycles. The van der Waals surface area contributed by atoms with E-state index in [-0.39, 0.29) is 12.3 Å². The fourth-order valence-corrected chi connectivity index (χ4v) is 1.96. The molecule has 2 N–H and O–H groups in total. The number of nitrogens with one attached hydrogen (secondary N) is 1. The Hall–Kier alpha value is -2.04. The van der Waals surface area contributed by atoms with Crippen LogP contribution < -0.4 is 10.1 Å². The van der Waals surface area contributed by atoms with E-state index in [1.54, 1.807) is 6.92 Å². The highest BCUT2D eigenvalue weighted by Gasteiger charge is 2.14. The molecule has 0 saturated carbocycles. The first-order valence-electron chi connectivity index (χ1n) is 7.66. The third-order valence-corrected chi connectivity index (χ3v) is 3.32. The van der Waals surface area contributed by atoms with Crippen molar-refractivity contribution in [3.8, 4) is 5.75 Å². The molecule has 0 aromatic heterocycles. The van der Waals surface area contributed by atoms with Gasteiger partial charge in [-0.2, -0.15) is 0 Å². The minimum Gasteiger partial charge on any atom is -0.481 e. The van der Waals surface area contributed by atoms with Gasteiger partial charge in [-0.05, 0) is 43.4 Å². The van der Waals surface area contributed by atoms with Crippen molar-refractivity contribution in [3.05, 3.63) is 29.8 Å². The number of unbranched alkanes of at least 4 members (excludes halogenated alkanes) is 1. The van der Waals surface area contributed by atoms with Gasteiger partial charge in [0.1, 0.15) is 5.75 Å². The summed E-state index contributed by atoms with van der Waals surface area (Å²) in [6.45, 7) is 6.37. The van der Waals surface area contributed by atoms with Gasteiger partial charge in [0.25, 0.3) is 5.91 Å². The summed E-state index contributed by atoms with van der Waals surface area (Å²) >= 11 is 0. The van der Waals surface area contributed by atoms with Crippen LogP contribution in [0.15, 0.2) is 24.3 Å². The van der Waals surface area contributed by atoms with Crippen LogP contribution >= 0.6 is 0 Å². The highest BCUT2D eigenvalue weighted by atomic mass is 16.5. The number of carbonyl (C=O) groups excluding carboxylic acids is 1. The summed E-state index contributed by atoms with van der Waals surface area (Å²) in [6, 6.07) is 7.73. The van der Waals surface area contributed by atoms with Crippen molar-refractivity contribution in [2.24, 2.45) is 0 Å². The number of hydrogen-bond donors (Lipinski definition) is 2. The molecule has 1 amide bonds. The lowest BCUT2D eigenvalue weighted by Gasteiger charge is -2.16. The number of benzene rings is 1. The summed E-state index contributed by atoms with van der Waals surface area (Å²) in [5.74, 6) is 0.0833. The quantitative estimate of drug-likeness (QED) is 0.688. The smallest absolute Gasteiger partial charge is 0.303 e. The van der Waals surface area contributed by atoms with Gasteiger partial charge in [0, 0.05) is 13.0 Å². The molecule has 122 valence electrons. The Morgan fingerprint density at radius 1 is 1.23 bits per heavy atom. The summed E-state index contributed by atoms with van der Waals surface area (Å²) in [4.78, 5) is 22.3. The SMILES string of the molecule is CC(Oc1cccc(C(C)C)c1)C(=O)NCCCCC(=O)O. The van der Waals surface area contributed by atoms with Crippen molar-refractivity contribution in [2.45, 2.75) is 52.1 Å². The van der Waals surface area contributed by atoms with Gasteiger partial charge >= 0.3 is 5.97 Å². The Labute approximate surface area is 131 Å². The highest BCUT2D eigenvalue weighted by molar-refractivity contribution is 5.80. The van der Waals surface area contributed by atoms with Gasteiger partial charge in [0.2, 0.25) is 0 Å². The van der Waals surface area contributed by atoms with Crippen molar-refractivity contribution in [2.75, 3.05) is 6.54 Å². The molecule has 0 bridgehead atoms. The lowest BCUT2D eigenvalue weighted by atomic mass is 10.0. The first-order valence-corrected chi connectivity index (χ1v) is 7.66. The molecule has 5 nitrogen and oxygen atoms in total. The first-order chi connectivity index (χ1) is 10.4. The average Bonchev–Trinajstić information content (AvgIpc) is 2.46. The number of ether oxygens (including phenoxy) is 1. The molecule has 0 heterocycles. The van der Waals surface area contributed by atoms with E-state index in [0.29, 0.717) is 31.1 Å². The molecule has 0 aliphatic carbocycles. The predicted octanol–water partition coefficient (Wildman–Crippen LogP) is 2.95. The molecule has 1 aromatic carbocycles. The Balaban J connectivity index is 2.37. The van der Waals surface area contributed by atoms with Crippen LogP contribution in [0.25, 0.3) is 0 Å². The van der Waals surface area contributed by atoms with Gasteiger partial charge in [-0.15, -0.1) is 0 Å². The molecule has 1 unspecified atom stereocenters. The molecule has 1 aromatic rings. The van der Waals surface area contributed by atoms with Crippen LogP contribution in [0.4, 0.5) is 0 Å². The lowest BCUT2D eigenvalue weighted by molar-refractivity contribution is -0.137. The van der Waals surface area contributed by atoms with Gasteiger partial charge in [0.15, 0.2) is 6.10 Å². The molecular weight excluding hydrogens is 282 g/mol. The van der Waals surface area contributed by atoms with Gasteiger partial charge in [-0.1, -0.05) is 26.0 Å². The molecule has 0 saturated heterocycles. The third kappa shape index (κ3) is 6.61. The summed E-state index contributed by atoms with van der Waals surface area (Å²) in [5.41, 5.74) is 1.17. The van der Waals surface area contributed by atoms with E-state index in [9.17, 15) is 9.59 Å². The molecule has 0 aliphatic rings. The molecule has 5 heteroatoms. The van der Waals surface area contributed by atoms with Gasteiger partial charge in [-0.25, -0.2) is 0 Å². The van der Waals surface area contributed by atoms with Crippen LogP contribution in [-0.2, 0) is 9.59 Å². The molecule has 22 heavy (non-hydrogen) atoms. The van der Waals surface area contributed by atoms with E-state index < -0.39 is 12.1 Å². The van der Waals surface area contributed by atoms with Crippen molar-refractivity contribution in [3.63, 3.8) is 0 Å². The number of aliphatic carboxylic acids is 1. The fourth-order valence-electron chi connectivity index (χ4n) is 1.96. The van der Waals surface area contributed by atoms with Crippen LogP contribution in [0.5, 0.6) is 5.75 Å². The van der Waals surface area contributed by atoms with E-state index in [2.05, 4.69) is 19.2 Å². The molecular formula is C17H25NO4. The summed E-state index contributed by atoms with van der Waals surface area (Å²) in [5, 5.41) is 11.3. The second kappa shape index (κ2) is 9.07. The van der Waals surface area contributed by atoms with E-state index in [4.69, 9.17) is 9.84 Å². The van der Waals surface area contributed by atoms with Crippen molar-refractivity contribution >= 4 is 11.9 Å². The molecule has 1 rings (SSSR count). The van der Waals surface area contributed by atoms with Crippen molar-refractivity contribution in [1.82, 2.24) is 5.32 Å². The molecule has 0 fully saturated rings. The lowest BCUT2D eigenvalue weighted by Crippen LogP contribution is -2.36. The average molecular weight is 307 g/mol. The topological polar surface area (TPSA) is 75.6 Å². The zero-order valence-electron chi connectivity index (χ0n) is 13.5. The van der Waals surface area contributed by atoms with E-state index in [1.807, 2.05) is 24.3 Å². The Morgan fingerprint density at radius 2 is 1.95 bits per heavy atom. The first kappa shape index (κ1) is 18.0. The largest absolute Gasteiger partial charge is 0.481 e. The standard InChI is InChI=1S/C17H25NO4/c1-12(2)14-7-6-8-15(11-14)22-13(3)17(21)18-10-5-4-9-16(19)20/h6-8,11-13H,4-5,9-10H2,1-3H3,(H,18,21)(H,19,20). The Morgan fingerprint density at radius 3 is 2.59 bits per heavy atom.